The topological polar surface area (TPSA) is 37.4 Å². The molecule has 4 nitrogen and oxygen atoms in total. The molecule has 1 aliphatic carbocycles. The Morgan fingerprint density at radius 2 is 1.97 bits per heavy atom. The zero-order valence-electron chi connectivity index (χ0n) is 18.6. The number of fused-ring (bicyclic) bond motifs is 1. The lowest BCUT2D eigenvalue weighted by Gasteiger charge is -2.15. The number of rotatable bonds is 9. The van der Waals surface area contributed by atoms with E-state index < -0.39 is 0 Å². The molecular weight excluding hydrogens is 410 g/mol. The second-order valence-electron chi connectivity index (χ2n) is 7.48. The number of nitrogens with one attached hydrogen (secondary N) is 1. The molecule has 0 unspecified atom stereocenters. The van der Waals surface area contributed by atoms with Crippen LogP contribution < -0.4 is 5.32 Å². The highest BCUT2D eigenvalue weighted by atomic mass is 32.2. The van der Waals surface area contributed by atoms with E-state index in [9.17, 15) is 0 Å². The van der Waals surface area contributed by atoms with Crippen LogP contribution in [0.4, 0.5) is 5.13 Å². The third-order valence-electron chi connectivity index (χ3n) is 3.71. The second kappa shape index (κ2) is 13.5. The van der Waals surface area contributed by atoms with Gasteiger partial charge in [0.25, 0.3) is 0 Å². The van der Waals surface area contributed by atoms with Crippen molar-refractivity contribution >= 4 is 38.6 Å². The molecule has 2 aromatic rings. The van der Waals surface area contributed by atoms with Crippen molar-refractivity contribution in [2.45, 2.75) is 27.7 Å². The Labute approximate surface area is 189 Å². The minimum atomic E-state index is 0.731. The molecule has 3 rings (SSSR count). The van der Waals surface area contributed by atoms with Gasteiger partial charge >= 0.3 is 0 Å². The Kier molecular flexibility index (Phi) is 11.0. The molecule has 1 aromatic heterocycles. The fourth-order valence-electron chi connectivity index (χ4n) is 2.37. The summed E-state index contributed by atoms with van der Waals surface area (Å²) in [6, 6.07) is 8.20. The van der Waals surface area contributed by atoms with Crippen LogP contribution in [0.3, 0.4) is 0 Å². The highest BCUT2D eigenvalue weighted by Gasteiger charge is 2.05. The van der Waals surface area contributed by atoms with Gasteiger partial charge in [-0.3, -0.25) is 0 Å². The highest BCUT2D eigenvalue weighted by Crippen LogP contribution is 2.26. The summed E-state index contributed by atoms with van der Waals surface area (Å²) in [7, 11) is 2.08. The first-order valence-corrected chi connectivity index (χ1v) is 12.0. The van der Waals surface area contributed by atoms with Crippen molar-refractivity contribution < 1.29 is 4.74 Å². The van der Waals surface area contributed by atoms with Gasteiger partial charge in [0, 0.05) is 24.6 Å². The van der Waals surface area contributed by atoms with Gasteiger partial charge in [0.1, 0.15) is 0 Å². The maximum absolute atomic E-state index is 5.40. The van der Waals surface area contributed by atoms with Crippen molar-refractivity contribution in [1.29, 1.82) is 0 Å². The second-order valence-corrected chi connectivity index (χ2v) is 9.79. The summed E-state index contributed by atoms with van der Waals surface area (Å²) in [4.78, 5) is 5.77. The molecule has 1 aliphatic rings. The number of thiazole rings is 1. The third kappa shape index (κ3) is 9.33. The van der Waals surface area contributed by atoms with Gasteiger partial charge < -0.3 is 10.1 Å². The number of aromatic nitrogens is 1. The first kappa shape index (κ1) is 24.4. The molecule has 0 saturated heterocycles. The number of ether oxygens (including phenoxy) is 1. The molecule has 6 heteroatoms. The Morgan fingerprint density at radius 3 is 2.70 bits per heavy atom. The molecule has 0 aliphatic heterocycles. The smallest absolute Gasteiger partial charge is 0.184 e. The average molecular weight is 444 g/mol. The average Bonchev–Trinajstić information content (AvgIpc) is 2.99. The third-order valence-corrected chi connectivity index (χ3v) is 5.66. The van der Waals surface area contributed by atoms with Gasteiger partial charge in [0.15, 0.2) is 5.13 Å². The molecule has 0 atom stereocenters. The van der Waals surface area contributed by atoms with E-state index in [1.54, 1.807) is 23.3 Å². The normalized spacial score (nSPS) is 13.2. The van der Waals surface area contributed by atoms with Gasteiger partial charge in [0.05, 0.1) is 16.8 Å². The molecule has 1 N–H and O–H groups in total. The van der Waals surface area contributed by atoms with Gasteiger partial charge in [0.2, 0.25) is 0 Å². The van der Waals surface area contributed by atoms with Crippen molar-refractivity contribution in [2.24, 2.45) is 5.92 Å². The molecule has 162 valence electrons. The SMILES string of the molecule is CC(C)C.CCOCCN(C)SC1=CC=C(CNc2nc3ccccc3s2)C=C=C1. The van der Waals surface area contributed by atoms with Crippen molar-refractivity contribution in [1.82, 2.24) is 9.29 Å². The summed E-state index contributed by atoms with van der Waals surface area (Å²) in [6.07, 6.45) is 8.30. The maximum Gasteiger partial charge on any atom is 0.184 e. The minimum Gasteiger partial charge on any atom is -0.380 e. The fraction of sp³-hybridized carbons (Fsp3) is 0.417. The summed E-state index contributed by atoms with van der Waals surface area (Å²) >= 11 is 3.38. The van der Waals surface area contributed by atoms with E-state index in [1.807, 2.05) is 37.3 Å². The molecule has 0 radical (unpaired) electrons. The number of para-hydroxylation sites is 1. The number of anilines is 1. The van der Waals surface area contributed by atoms with Gasteiger partial charge in [-0.25, -0.2) is 9.29 Å². The molecule has 1 heterocycles. The summed E-state index contributed by atoms with van der Waals surface area (Å²) in [5.41, 5.74) is 5.48. The quantitative estimate of drug-likeness (QED) is 0.271. The minimum absolute atomic E-state index is 0.731. The van der Waals surface area contributed by atoms with E-state index in [0.717, 1.165) is 47.8 Å². The van der Waals surface area contributed by atoms with E-state index in [2.05, 4.69) is 66.4 Å². The van der Waals surface area contributed by atoms with E-state index in [4.69, 9.17) is 4.74 Å². The lowest BCUT2D eigenvalue weighted by atomic mass is 10.2. The fourth-order valence-corrected chi connectivity index (χ4v) is 4.01. The highest BCUT2D eigenvalue weighted by molar-refractivity contribution is 8.01. The van der Waals surface area contributed by atoms with Crippen LogP contribution in [0.5, 0.6) is 0 Å². The van der Waals surface area contributed by atoms with Crippen LogP contribution in [0.25, 0.3) is 10.2 Å². The summed E-state index contributed by atoms with van der Waals surface area (Å²) in [5, 5.41) is 4.36. The van der Waals surface area contributed by atoms with Crippen LogP contribution >= 0.6 is 23.3 Å². The predicted octanol–water partition coefficient (Wildman–Crippen LogP) is 6.52. The van der Waals surface area contributed by atoms with Crippen molar-refractivity contribution in [3.8, 4) is 0 Å². The first-order chi connectivity index (χ1) is 14.5. The van der Waals surface area contributed by atoms with Crippen molar-refractivity contribution in [3.63, 3.8) is 0 Å². The number of nitrogens with zero attached hydrogens (tertiary/aromatic N) is 2. The lowest BCUT2D eigenvalue weighted by Crippen LogP contribution is -2.16. The number of benzene rings is 1. The standard InChI is InChI=1S/C20H23N3OS2.C4H10/c1-3-24-14-13-23(2)26-17-8-6-7-16(11-12-17)15-21-20-22-18-9-4-5-10-19(18)25-20;1-4(2)3/h4-5,7-12H,3,13-15H2,1-2H3,(H,21,22);4H,1-3H3. The van der Waals surface area contributed by atoms with E-state index in [0.29, 0.717) is 0 Å². The summed E-state index contributed by atoms with van der Waals surface area (Å²) in [5.74, 6) is 0.833. The monoisotopic (exact) mass is 443 g/mol. The van der Waals surface area contributed by atoms with Crippen molar-refractivity contribution in [2.75, 3.05) is 38.7 Å². The zero-order valence-corrected chi connectivity index (χ0v) is 20.3. The molecule has 30 heavy (non-hydrogen) atoms. The van der Waals surface area contributed by atoms with Gasteiger partial charge in [-0.05, 0) is 67.8 Å². The lowest BCUT2D eigenvalue weighted by molar-refractivity contribution is 0.140. The van der Waals surface area contributed by atoms with Gasteiger partial charge in [-0.1, -0.05) is 50.3 Å². The van der Waals surface area contributed by atoms with Crippen molar-refractivity contribution in [3.05, 3.63) is 64.8 Å². The number of hydrogen-bond acceptors (Lipinski definition) is 6. The van der Waals surface area contributed by atoms with Crippen LogP contribution in [0.2, 0.25) is 0 Å². The van der Waals surface area contributed by atoms with Crippen LogP contribution in [0.1, 0.15) is 27.7 Å². The van der Waals surface area contributed by atoms with Crippen LogP contribution in [-0.2, 0) is 4.74 Å². The Bertz CT molecular complexity index is 872. The number of hydrogen-bond donors (Lipinski definition) is 1. The molecular formula is C24H33N3OS2. The largest absolute Gasteiger partial charge is 0.380 e. The van der Waals surface area contributed by atoms with Crippen LogP contribution in [-0.4, -0.2) is 42.6 Å². The van der Waals surface area contributed by atoms with Crippen LogP contribution in [0, 0.1) is 5.92 Å². The Morgan fingerprint density at radius 1 is 1.20 bits per heavy atom. The molecule has 1 aromatic carbocycles. The van der Waals surface area contributed by atoms with Gasteiger partial charge in [-0.2, -0.15) is 0 Å². The number of allylic oxidation sites excluding steroid dienone is 3. The molecule has 0 spiro atoms. The van der Waals surface area contributed by atoms with E-state index >= 15 is 0 Å². The maximum atomic E-state index is 5.40. The zero-order chi connectivity index (χ0) is 21.8. The van der Waals surface area contributed by atoms with E-state index in [1.165, 1.54) is 10.3 Å². The van der Waals surface area contributed by atoms with E-state index in [-0.39, 0.29) is 0 Å². The Balaban J connectivity index is 0.000000735. The van der Waals surface area contributed by atoms with Crippen LogP contribution in [0.15, 0.2) is 64.8 Å². The Hall–Kier alpha value is -1.82. The first-order valence-electron chi connectivity index (χ1n) is 10.4. The predicted molar refractivity (Wildman–Crippen MR) is 134 cm³/mol. The molecule has 0 amide bonds. The summed E-state index contributed by atoms with van der Waals surface area (Å²) < 4.78 is 8.78. The number of likely N-dealkylation sites (N-methyl/N-ethyl adjacent to an activating group) is 1. The molecule has 0 fully saturated rings. The molecule has 0 saturated carbocycles. The van der Waals surface area contributed by atoms with Gasteiger partial charge in [-0.15, -0.1) is 5.73 Å². The summed E-state index contributed by atoms with van der Waals surface area (Å²) in [6.45, 7) is 11.7. The molecule has 0 bridgehead atoms.